The van der Waals surface area contributed by atoms with Crippen LogP contribution in [0.1, 0.15) is 20.1 Å². The lowest BCUT2D eigenvalue weighted by Crippen LogP contribution is -2.18. The van der Waals surface area contributed by atoms with Gasteiger partial charge < -0.3 is 4.57 Å². The molecule has 0 saturated carbocycles. The van der Waals surface area contributed by atoms with Crippen molar-refractivity contribution in [3.05, 3.63) is 37.8 Å². The summed E-state index contributed by atoms with van der Waals surface area (Å²) in [7, 11) is 0. The summed E-state index contributed by atoms with van der Waals surface area (Å²) >= 11 is 2.97. The number of thiazole rings is 1. The van der Waals surface area contributed by atoms with E-state index in [1.807, 2.05) is 25.3 Å². The van der Waals surface area contributed by atoms with Crippen LogP contribution in [0, 0.1) is 19.3 Å². The van der Waals surface area contributed by atoms with Gasteiger partial charge in [-0.1, -0.05) is 0 Å². The van der Waals surface area contributed by atoms with Crippen LogP contribution in [0.2, 0.25) is 0 Å². The van der Waals surface area contributed by atoms with Gasteiger partial charge in [0.1, 0.15) is 0 Å². The van der Waals surface area contributed by atoms with Crippen LogP contribution >= 0.6 is 22.7 Å². The summed E-state index contributed by atoms with van der Waals surface area (Å²) in [6.07, 6.45) is 1.78. The number of hydrogen-bond donors (Lipinski definition) is 1. The Morgan fingerprint density at radius 1 is 1.50 bits per heavy atom. The van der Waals surface area contributed by atoms with Crippen LogP contribution in [0.4, 0.5) is 0 Å². The van der Waals surface area contributed by atoms with Crippen molar-refractivity contribution in [1.82, 2.24) is 4.57 Å². The Morgan fingerprint density at radius 2 is 2.25 bits per heavy atom. The third-order valence-electron chi connectivity index (χ3n) is 2.34. The molecule has 16 heavy (non-hydrogen) atoms. The molecule has 0 unspecified atom stereocenters. The molecule has 0 spiro atoms. The summed E-state index contributed by atoms with van der Waals surface area (Å²) in [5, 5.41) is 9.42. The minimum Gasteiger partial charge on any atom is -0.316 e. The fourth-order valence-corrected chi connectivity index (χ4v) is 3.12. The van der Waals surface area contributed by atoms with Gasteiger partial charge in [0.05, 0.1) is 6.54 Å². The van der Waals surface area contributed by atoms with Crippen LogP contribution in [-0.4, -0.2) is 10.4 Å². The molecule has 0 radical (unpaired) electrons. The number of aromatic nitrogens is 1. The van der Waals surface area contributed by atoms with Crippen molar-refractivity contribution >= 4 is 28.5 Å². The van der Waals surface area contributed by atoms with Crippen molar-refractivity contribution in [2.24, 2.45) is 0 Å². The molecular formula is C11H12N2OS2. The monoisotopic (exact) mass is 252 g/mol. The Morgan fingerprint density at radius 3 is 2.75 bits per heavy atom. The standard InChI is InChI=1S/C11H12N2OS2/c1-7-5-9(8(2)16-7)10(14)6-13-3-4-15-11(13)12/h3-5,12H,6H2,1-2H3. The fraction of sp³-hybridized carbons (Fsp3) is 0.273. The fourth-order valence-electron chi connectivity index (χ4n) is 1.58. The van der Waals surface area contributed by atoms with E-state index in [2.05, 4.69) is 0 Å². The first kappa shape index (κ1) is 11.3. The molecule has 0 bridgehead atoms. The van der Waals surface area contributed by atoms with Gasteiger partial charge >= 0.3 is 0 Å². The number of thiophene rings is 1. The lowest BCUT2D eigenvalue weighted by Gasteiger charge is -2.01. The molecule has 5 heteroatoms. The predicted molar refractivity (Wildman–Crippen MR) is 66.3 cm³/mol. The van der Waals surface area contributed by atoms with Gasteiger partial charge in [0.15, 0.2) is 10.6 Å². The smallest absolute Gasteiger partial charge is 0.183 e. The highest BCUT2D eigenvalue weighted by Gasteiger charge is 2.12. The lowest BCUT2D eigenvalue weighted by atomic mass is 10.1. The van der Waals surface area contributed by atoms with Crippen LogP contribution in [0.3, 0.4) is 0 Å². The minimum absolute atomic E-state index is 0.0822. The van der Waals surface area contributed by atoms with Gasteiger partial charge in [-0.3, -0.25) is 10.2 Å². The molecule has 0 amide bonds. The zero-order valence-corrected chi connectivity index (χ0v) is 10.7. The van der Waals surface area contributed by atoms with Crippen LogP contribution in [0.15, 0.2) is 17.6 Å². The number of carbonyl (C=O) groups excluding carboxylic acids is 1. The number of ketones is 1. The SMILES string of the molecule is Cc1cc(C(=O)Cn2ccsc2=N)c(C)s1. The number of nitrogens with one attached hydrogen (secondary N) is 1. The molecular weight excluding hydrogens is 240 g/mol. The number of rotatable bonds is 3. The van der Waals surface area contributed by atoms with E-state index < -0.39 is 0 Å². The number of aryl methyl sites for hydroxylation is 2. The van der Waals surface area contributed by atoms with E-state index in [9.17, 15) is 4.79 Å². The molecule has 84 valence electrons. The predicted octanol–water partition coefficient (Wildman–Crippen LogP) is 2.59. The second-order valence-electron chi connectivity index (χ2n) is 3.59. The maximum atomic E-state index is 12.0. The van der Waals surface area contributed by atoms with Crippen molar-refractivity contribution in [3.63, 3.8) is 0 Å². The Kier molecular flexibility index (Phi) is 3.07. The number of Topliss-reactive ketones (excluding diaryl/α,β-unsaturated/α-hetero) is 1. The Balaban J connectivity index is 2.24. The molecule has 0 fully saturated rings. The average molecular weight is 252 g/mol. The molecule has 2 aromatic rings. The van der Waals surface area contributed by atoms with Crippen molar-refractivity contribution in [2.45, 2.75) is 20.4 Å². The van der Waals surface area contributed by atoms with Gasteiger partial charge in [-0.15, -0.1) is 22.7 Å². The van der Waals surface area contributed by atoms with E-state index in [1.54, 1.807) is 22.1 Å². The van der Waals surface area contributed by atoms with Crippen molar-refractivity contribution in [3.8, 4) is 0 Å². The highest BCUT2D eigenvalue weighted by Crippen LogP contribution is 2.21. The van der Waals surface area contributed by atoms with Gasteiger partial charge in [-0.05, 0) is 19.9 Å². The maximum Gasteiger partial charge on any atom is 0.183 e. The van der Waals surface area contributed by atoms with Crippen LogP contribution in [0.5, 0.6) is 0 Å². The second-order valence-corrected chi connectivity index (χ2v) is 5.94. The van der Waals surface area contributed by atoms with Gasteiger partial charge in [0, 0.05) is 26.9 Å². The van der Waals surface area contributed by atoms with Gasteiger partial charge in [-0.2, -0.15) is 0 Å². The first-order valence-electron chi connectivity index (χ1n) is 4.86. The van der Waals surface area contributed by atoms with Gasteiger partial charge in [0.25, 0.3) is 0 Å². The van der Waals surface area contributed by atoms with Crippen LogP contribution < -0.4 is 4.80 Å². The molecule has 0 saturated heterocycles. The van der Waals surface area contributed by atoms with E-state index in [4.69, 9.17) is 5.41 Å². The first-order chi connectivity index (χ1) is 7.58. The summed E-state index contributed by atoms with van der Waals surface area (Å²) < 4.78 is 1.67. The molecule has 1 N–H and O–H groups in total. The molecule has 2 heterocycles. The molecule has 3 nitrogen and oxygen atoms in total. The van der Waals surface area contributed by atoms with E-state index in [0.717, 1.165) is 15.3 Å². The highest BCUT2D eigenvalue weighted by molar-refractivity contribution is 7.12. The van der Waals surface area contributed by atoms with Crippen LogP contribution in [0.25, 0.3) is 0 Å². The Labute approximate surface area is 102 Å². The normalized spacial score (nSPS) is 10.6. The summed E-state index contributed by atoms with van der Waals surface area (Å²) in [4.78, 5) is 14.6. The average Bonchev–Trinajstić information content (AvgIpc) is 2.74. The summed E-state index contributed by atoms with van der Waals surface area (Å²) in [5.41, 5.74) is 0.792. The minimum atomic E-state index is 0.0822. The van der Waals surface area contributed by atoms with E-state index in [1.165, 1.54) is 11.3 Å². The zero-order chi connectivity index (χ0) is 11.7. The number of carbonyl (C=O) groups is 1. The Hall–Kier alpha value is -1.20. The van der Waals surface area contributed by atoms with Crippen molar-refractivity contribution in [2.75, 3.05) is 0 Å². The largest absolute Gasteiger partial charge is 0.316 e. The molecule has 0 aliphatic carbocycles. The first-order valence-corrected chi connectivity index (χ1v) is 6.56. The molecule has 0 aliphatic heterocycles. The van der Waals surface area contributed by atoms with Gasteiger partial charge in [-0.25, -0.2) is 0 Å². The Bertz CT molecular complexity index is 577. The molecule has 0 atom stereocenters. The topological polar surface area (TPSA) is 45.9 Å². The third-order valence-corrected chi connectivity index (χ3v) is 4.02. The molecule has 0 aliphatic rings. The highest BCUT2D eigenvalue weighted by atomic mass is 32.1. The van der Waals surface area contributed by atoms with Gasteiger partial charge in [0.2, 0.25) is 0 Å². The number of hydrogen-bond acceptors (Lipinski definition) is 4. The zero-order valence-electron chi connectivity index (χ0n) is 9.11. The molecule has 2 rings (SSSR count). The second kappa shape index (κ2) is 4.35. The maximum absolute atomic E-state index is 12.0. The van der Waals surface area contributed by atoms with E-state index in [0.29, 0.717) is 4.80 Å². The molecule has 2 aromatic heterocycles. The van der Waals surface area contributed by atoms with Crippen molar-refractivity contribution < 1.29 is 4.79 Å². The summed E-state index contributed by atoms with van der Waals surface area (Å²) in [6.45, 7) is 4.23. The van der Waals surface area contributed by atoms with E-state index >= 15 is 0 Å². The third kappa shape index (κ3) is 2.15. The van der Waals surface area contributed by atoms with Crippen molar-refractivity contribution in [1.29, 1.82) is 5.41 Å². The van der Waals surface area contributed by atoms with Crippen LogP contribution in [-0.2, 0) is 6.54 Å². The summed E-state index contributed by atoms with van der Waals surface area (Å²) in [5.74, 6) is 0.0822. The van der Waals surface area contributed by atoms with E-state index in [-0.39, 0.29) is 12.3 Å². The summed E-state index contributed by atoms with van der Waals surface area (Å²) in [6, 6.07) is 1.93. The number of nitrogens with zero attached hydrogens (tertiary/aromatic N) is 1. The molecule has 0 aromatic carbocycles. The quantitative estimate of drug-likeness (QED) is 0.838. The lowest BCUT2D eigenvalue weighted by molar-refractivity contribution is 0.0971.